The molecule has 0 radical (unpaired) electrons. The molecule has 0 saturated carbocycles. The Bertz CT molecular complexity index is 346. The molecule has 3 N–H and O–H groups in total. The number of nitrogen functional groups attached to an aromatic ring is 1. The molecular formula is C10H17ClN4O. The quantitative estimate of drug-likeness (QED) is 0.592. The maximum Gasteiger partial charge on any atom is 0.158 e. The molecule has 6 heteroatoms. The average Bonchev–Trinajstić information content (AvgIpc) is 2.25. The van der Waals surface area contributed by atoms with Crippen molar-refractivity contribution in [1.82, 2.24) is 9.97 Å². The molecule has 1 rings (SSSR count). The van der Waals surface area contributed by atoms with Crippen LogP contribution in [-0.2, 0) is 11.3 Å². The van der Waals surface area contributed by atoms with Crippen molar-refractivity contribution in [2.24, 2.45) is 0 Å². The monoisotopic (exact) mass is 244 g/mol. The van der Waals surface area contributed by atoms with E-state index in [0.29, 0.717) is 23.9 Å². The normalized spacial score (nSPS) is 10.4. The van der Waals surface area contributed by atoms with Crippen LogP contribution in [0.15, 0.2) is 0 Å². The van der Waals surface area contributed by atoms with Gasteiger partial charge in [0.1, 0.15) is 12.3 Å². The molecule has 0 unspecified atom stereocenters. The topological polar surface area (TPSA) is 73.1 Å². The number of hydrogen-bond acceptors (Lipinski definition) is 5. The van der Waals surface area contributed by atoms with Gasteiger partial charge in [-0.05, 0) is 6.42 Å². The zero-order valence-corrected chi connectivity index (χ0v) is 10.3. The Kier molecular flexibility index (Phi) is 5.28. The van der Waals surface area contributed by atoms with Crippen LogP contribution in [0.4, 0.5) is 11.5 Å². The number of halogens is 1. The molecule has 90 valence electrons. The molecule has 0 aliphatic carbocycles. The Morgan fingerprint density at radius 2 is 2.19 bits per heavy atom. The van der Waals surface area contributed by atoms with Crippen LogP contribution in [0, 0.1) is 0 Å². The summed E-state index contributed by atoms with van der Waals surface area (Å²) >= 11 is 5.90. The van der Waals surface area contributed by atoms with Crippen LogP contribution < -0.4 is 11.1 Å². The average molecular weight is 245 g/mol. The fourth-order valence-corrected chi connectivity index (χ4v) is 1.38. The maximum atomic E-state index is 5.90. The predicted molar refractivity (Wildman–Crippen MR) is 65.6 cm³/mol. The van der Waals surface area contributed by atoms with Gasteiger partial charge in [0.05, 0.1) is 0 Å². The number of aromatic nitrogens is 2. The van der Waals surface area contributed by atoms with Crippen LogP contribution >= 0.6 is 11.6 Å². The van der Waals surface area contributed by atoms with Gasteiger partial charge in [0.2, 0.25) is 0 Å². The second-order valence-corrected chi connectivity index (χ2v) is 3.76. The number of hydrogen-bond donors (Lipinski definition) is 2. The Labute approximate surface area is 100 Å². The van der Waals surface area contributed by atoms with E-state index < -0.39 is 0 Å². The predicted octanol–water partition coefficient (Wildman–Crippen LogP) is 2.07. The maximum absolute atomic E-state index is 5.90. The van der Waals surface area contributed by atoms with Crippen molar-refractivity contribution in [3.63, 3.8) is 0 Å². The summed E-state index contributed by atoms with van der Waals surface area (Å²) in [6.07, 6.45) is 2.16. The van der Waals surface area contributed by atoms with Gasteiger partial charge in [-0.1, -0.05) is 24.9 Å². The SMILES string of the molecule is CCCCNc1nc(COC)nc(Cl)c1N. The first-order valence-corrected chi connectivity index (χ1v) is 5.61. The van der Waals surface area contributed by atoms with E-state index in [1.165, 1.54) is 0 Å². The summed E-state index contributed by atoms with van der Waals surface area (Å²) in [5, 5.41) is 3.40. The van der Waals surface area contributed by atoms with Gasteiger partial charge in [-0.25, -0.2) is 9.97 Å². The lowest BCUT2D eigenvalue weighted by molar-refractivity contribution is 0.178. The second-order valence-electron chi connectivity index (χ2n) is 3.41. The molecule has 0 amide bonds. The number of nitrogens with two attached hydrogens (primary N) is 1. The number of nitrogens with zero attached hydrogens (tertiary/aromatic N) is 2. The van der Waals surface area contributed by atoms with Crippen molar-refractivity contribution in [3.8, 4) is 0 Å². The molecule has 1 heterocycles. The smallest absolute Gasteiger partial charge is 0.158 e. The number of rotatable bonds is 6. The van der Waals surface area contributed by atoms with Crippen molar-refractivity contribution >= 4 is 23.1 Å². The van der Waals surface area contributed by atoms with Gasteiger partial charge in [0, 0.05) is 13.7 Å². The zero-order chi connectivity index (χ0) is 12.0. The van der Waals surface area contributed by atoms with Crippen LogP contribution in [-0.4, -0.2) is 23.6 Å². The molecular weight excluding hydrogens is 228 g/mol. The summed E-state index contributed by atoms with van der Waals surface area (Å²) in [6.45, 7) is 3.26. The fourth-order valence-electron chi connectivity index (χ4n) is 1.20. The van der Waals surface area contributed by atoms with E-state index >= 15 is 0 Å². The van der Waals surface area contributed by atoms with Gasteiger partial charge < -0.3 is 15.8 Å². The summed E-state index contributed by atoms with van der Waals surface area (Å²) in [7, 11) is 1.58. The lowest BCUT2D eigenvalue weighted by Gasteiger charge is -2.10. The van der Waals surface area contributed by atoms with Crippen LogP contribution in [0.2, 0.25) is 5.15 Å². The first kappa shape index (κ1) is 13.0. The van der Waals surface area contributed by atoms with Crippen LogP contribution in [0.5, 0.6) is 0 Å². The highest BCUT2D eigenvalue weighted by molar-refractivity contribution is 6.32. The Balaban J connectivity index is 2.79. The lowest BCUT2D eigenvalue weighted by atomic mass is 10.3. The highest BCUT2D eigenvalue weighted by atomic mass is 35.5. The zero-order valence-electron chi connectivity index (χ0n) is 9.59. The van der Waals surface area contributed by atoms with E-state index in [1.54, 1.807) is 7.11 Å². The van der Waals surface area contributed by atoms with Gasteiger partial charge in [-0.2, -0.15) is 0 Å². The third-order valence-corrected chi connectivity index (χ3v) is 2.33. The molecule has 0 aromatic carbocycles. The third-order valence-electron chi connectivity index (χ3n) is 2.04. The molecule has 0 aliphatic heterocycles. The van der Waals surface area contributed by atoms with E-state index in [4.69, 9.17) is 22.1 Å². The van der Waals surface area contributed by atoms with Crippen molar-refractivity contribution in [2.75, 3.05) is 24.7 Å². The van der Waals surface area contributed by atoms with Crippen molar-refractivity contribution in [1.29, 1.82) is 0 Å². The molecule has 0 saturated heterocycles. The summed E-state index contributed by atoms with van der Waals surface area (Å²) in [6, 6.07) is 0. The third kappa shape index (κ3) is 3.50. The summed E-state index contributed by atoms with van der Waals surface area (Å²) in [5.74, 6) is 1.11. The van der Waals surface area contributed by atoms with E-state index in [9.17, 15) is 0 Å². The molecule has 16 heavy (non-hydrogen) atoms. The highest BCUT2D eigenvalue weighted by Crippen LogP contribution is 2.23. The molecule has 0 aliphatic rings. The van der Waals surface area contributed by atoms with Gasteiger partial charge in [-0.15, -0.1) is 0 Å². The van der Waals surface area contributed by atoms with E-state index in [-0.39, 0.29) is 5.15 Å². The van der Waals surface area contributed by atoms with Crippen molar-refractivity contribution in [2.45, 2.75) is 26.4 Å². The number of ether oxygens (including phenoxy) is 1. The van der Waals surface area contributed by atoms with Gasteiger partial charge in [0.25, 0.3) is 0 Å². The molecule has 5 nitrogen and oxygen atoms in total. The number of anilines is 2. The molecule has 0 atom stereocenters. The molecule has 0 bridgehead atoms. The summed E-state index contributed by atoms with van der Waals surface area (Å²) in [5.41, 5.74) is 6.16. The van der Waals surface area contributed by atoms with Gasteiger partial charge >= 0.3 is 0 Å². The molecule has 1 aromatic heterocycles. The Hall–Kier alpha value is -1.07. The minimum atomic E-state index is 0.265. The van der Waals surface area contributed by atoms with Gasteiger partial charge in [0.15, 0.2) is 16.8 Å². The fraction of sp³-hybridized carbons (Fsp3) is 0.600. The molecule has 0 fully saturated rings. The van der Waals surface area contributed by atoms with Crippen LogP contribution in [0.1, 0.15) is 25.6 Å². The van der Waals surface area contributed by atoms with Crippen LogP contribution in [0.3, 0.4) is 0 Å². The Morgan fingerprint density at radius 1 is 1.44 bits per heavy atom. The minimum Gasteiger partial charge on any atom is -0.393 e. The van der Waals surface area contributed by atoms with Crippen molar-refractivity contribution in [3.05, 3.63) is 11.0 Å². The molecule has 0 spiro atoms. The standard InChI is InChI=1S/C10H17ClN4O/c1-3-4-5-13-10-8(12)9(11)14-7(15-10)6-16-2/h3-6,12H2,1-2H3,(H,13,14,15). The number of nitrogens with one attached hydrogen (secondary N) is 1. The minimum absolute atomic E-state index is 0.265. The highest BCUT2D eigenvalue weighted by Gasteiger charge is 2.09. The summed E-state index contributed by atoms with van der Waals surface area (Å²) < 4.78 is 4.95. The van der Waals surface area contributed by atoms with E-state index in [0.717, 1.165) is 19.4 Å². The first-order chi connectivity index (χ1) is 7.69. The van der Waals surface area contributed by atoms with E-state index in [1.807, 2.05) is 0 Å². The first-order valence-electron chi connectivity index (χ1n) is 5.23. The van der Waals surface area contributed by atoms with Crippen LogP contribution in [0.25, 0.3) is 0 Å². The number of unbranched alkanes of at least 4 members (excludes halogenated alkanes) is 1. The molecule has 1 aromatic rings. The largest absolute Gasteiger partial charge is 0.393 e. The van der Waals surface area contributed by atoms with E-state index in [2.05, 4.69) is 22.2 Å². The second kappa shape index (κ2) is 6.50. The summed E-state index contributed by atoms with van der Waals surface area (Å²) in [4.78, 5) is 8.25. The van der Waals surface area contributed by atoms with Crippen molar-refractivity contribution < 1.29 is 4.74 Å². The number of methoxy groups -OCH3 is 1. The Morgan fingerprint density at radius 3 is 2.81 bits per heavy atom. The lowest BCUT2D eigenvalue weighted by Crippen LogP contribution is -2.10. The van der Waals surface area contributed by atoms with Gasteiger partial charge in [-0.3, -0.25) is 0 Å².